The highest BCUT2D eigenvalue weighted by Gasteiger charge is 2.22. The molecule has 0 aromatic carbocycles. The van der Waals surface area contributed by atoms with Crippen molar-refractivity contribution in [2.24, 2.45) is 0 Å². The lowest BCUT2D eigenvalue weighted by atomic mass is 10.2. The van der Waals surface area contributed by atoms with Crippen molar-refractivity contribution in [3.8, 4) is 0 Å². The predicted molar refractivity (Wildman–Crippen MR) is 65.4 cm³/mol. The second-order valence-electron chi connectivity index (χ2n) is 4.21. The van der Waals surface area contributed by atoms with Gasteiger partial charge >= 0.3 is 0 Å². The van der Waals surface area contributed by atoms with E-state index >= 15 is 0 Å². The number of nitrogens with one attached hydrogen (secondary N) is 1. The Hall–Kier alpha value is -0.620. The van der Waals surface area contributed by atoms with Crippen molar-refractivity contribution >= 4 is 11.8 Å². The van der Waals surface area contributed by atoms with E-state index in [2.05, 4.69) is 34.0 Å². The molecule has 1 aromatic rings. The molecular formula is C10H19N5S. The van der Waals surface area contributed by atoms with Gasteiger partial charge in [-0.1, -0.05) is 6.92 Å². The van der Waals surface area contributed by atoms with Crippen LogP contribution in [0.4, 0.5) is 0 Å². The maximum atomic E-state index is 4.11. The van der Waals surface area contributed by atoms with E-state index < -0.39 is 0 Å². The summed E-state index contributed by atoms with van der Waals surface area (Å²) in [5.41, 5.74) is 0. The Labute approximate surface area is 100 Å². The summed E-state index contributed by atoms with van der Waals surface area (Å²) in [4.78, 5) is 0. The normalized spacial score (nSPS) is 17.6. The molecule has 1 atom stereocenters. The van der Waals surface area contributed by atoms with Crippen LogP contribution in [0.15, 0.2) is 0 Å². The van der Waals surface area contributed by atoms with E-state index in [0.29, 0.717) is 12.1 Å². The third kappa shape index (κ3) is 2.95. The summed E-state index contributed by atoms with van der Waals surface area (Å²) in [6, 6.07) is 1.12. The van der Waals surface area contributed by atoms with E-state index in [1.54, 1.807) is 0 Å². The first kappa shape index (κ1) is 11.9. The molecule has 2 rings (SSSR count). The van der Waals surface area contributed by atoms with Crippen LogP contribution in [-0.4, -0.2) is 38.3 Å². The van der Waals surface area contributed by atoms with Crippen LogP contribution in [0.3, 0.4) is 0 Å². The summed E-state index contributed by atoms with van der Waals surface area (Å²) >= 11 is 1.84. The number of aromatic nitrogens is 4. The molecule has 1 fully saturated rings. The zero-order valence-electron chi connectivity index (χ0n) is 9.89. The average Bonchev–Trinajstić information content (AvgIpc) is 3.02. The quantitative estimate of drug-likeness (QED) is 0.778. The van der Waals surface area contributed by atoms with Crippen LogP contribution >= 0.6 is 11.8 Å². The average molecular weight is 241 g/mol. The van der Waals surface area contributed by atoms with Crippen LogP contribution in [0.25, 0.3) is 0 Å². The van der Waals surface area contributed by atoms with Crippen LogP contribution in [-0.2, 0) is 6.54 Å². The molecule has 1 N–H and O–H groups in total. The number of rotatable bonds is 7. The lowest BCUT2D eigenvalue weighted by Gasteiger charge is -2.15. The molecule has 1 unspecified atom stereocenters. The number of hydrogen-bond donors (Lipinski definition) is 1. The molecule has 16 heavy (non-hydrogen) atoms. The molecule has 1 heterocycles. The molecule has 0 spiro atoms. The van der Waals surface area contributed by atoms with Gasteiger partial charge in [-0.25, -0.2) is 4.68 Å². The number of nitrogens with zero attached hydrogens (tertiary/aromatic N) is 4. The maximum absolute atomic E-state index is 4.11. The van der Waals surface area contributed by atoms with Gasteiger partial charge in [-0.3, -0.25) is 0 Å². The summed E-state index contributed by atoms with van der Waals surface area (Å²) in [6.45, 7) is 2.98. The van der Waals surface area contributed by atoms with Gasteiger partial charge in [0.25, 0.3) is 0 Å². The van der Waals surface area contributed by atoms with Gasteiger partial charge in [0.1, 0.15) is 0 Å². The lowest BCUT2D eigenvalue weighted by Crippen LogP contribution is -2.22. The zero-order valence-corrected chi connectivity index (χ0v) is 10.7. The summed E-state index contributed by atoms with van der Waals surface area (Å²) in [5.74, 6) is 2.03. The first-order chi connectivity index (χ1) is 7.85. The molecule has 0 radical (unpaired) electrons. The Kier molecular flexibility index (Phi) is 4.17. The minimum absolute atomic E-state index is 0.418. The van der Waals surface area contributed by atoms with Gasteiger partial charge in [-0.2, -0.15) is 11.8 Å². The number of thioether (sulfide) groups is 1. The summed E-state index contributed by atoms with van der Waals surface area (Å²) in [7, 11) is 0. The van der Waals surface area contributed by atoms with Crippen LogP contribution in [0.2, 0.25) is 0 Å². The molecule has 1 aromatic heterocycles. The molecule has 1 aliphatic rings. The minimum Gasteiger partial charge on any atom is -0.307 e. The Morgan fingerprint density at radius 1 is 1.56 bits per heavy atom. The lowest BCUT2D eigenvalue weighted by molar-refractivity contribution is 0.446. The maximum Gasteiger partial charge on any atom is 0.165 e. The fourth-order valence-corrected chi connectivity index (χ4v) is 2.45. The molecule has 1 saturated carbocycles. The number of tetrazole rings is 1. The third-order valence-corrected chi connectivity index (χ3v) is 3.58. The molecule has 6 heteroatoms. The highest BCUT2D eigenvalue weighted by Crippen LogP contribution is 2.20. The van der Waals surface area contributed by atoms with Gasteiger partial charge in [0.15, 0.2) is 5.82 Å². The highest BCUT2D eigenvalue weighted by molar-refractivity contribution is 7.98. The predicted octanol–water partition coefficient (Wildman–Crippen LogP) is 1.24. The van der Waals surface area contributed by atoms with E-state index in [1.165, 1.54) is 12.8 Å². The minimum atomic E-state index is 0.418. The van der Waals surface area contributed by atoms with Gasteiger partial charge in [0.2, 0.25) is 0 Å². The van der Waals surface area contributed by atoms with Crippen molar-refractivity contribution in [1.82, 2.24) is 25.5 Å². The molecule has 0 bridgehead atoms. The SMILES string of the molecule is CCC(CSC)n1nnnc1CNC1CC1. The second kappa shape index (κ2) is 5.63. The van der Waals surface area contributed by atoms with Gasteiger partial charge in [-0.15, -0.1) is 5.10 Å². The van der Waals surface area contributed by atoms with Crippen molar-refractivity contribution in [2.75, 3.05) is 12.0 Å². The van der Waals surface area contributed by atoms with Crippen LogP contribution in [0.5, 0.6) is 0 Å². The molecule has 1 aliphatic carbocycles. The van der Waals surface area contributed by atoms with Gasteiger partial charge in [0.05, 0.1) is 12.6 Å². The summed E-state index contributed by atoms with van der Waals surface area (Å²) < 4.78 is 1.98. The van der Waals surface area contributed by atoms with Crippen molar-refractivity contribution < 1.29 is 0 Å². The fourth-order valence-electron chi connectivity index (χ4n) is 1.69. The van der Waals surface area contributed by atoms with Crippen molar-refractivity contribution in [3.63, 3.8) is 0 Å². The molecule has 0 saturated heterocycles. The Morgan fingerprint density at radius 2 is 2.38 bits per heavy atom. The molecule has 90 valence electrons. The Bertz CT molecular complexity index is 323. The molecule has 0 aliphatic heterocycles. The summed E-state index contributed by atoms with van der Waals surface area (Å²) in [6.07, 6.45) is 5.78. The first-order valence-electron chi connectivity index (χ1n) is 5.84. The van der Waals surface area contributed by atoms with E-state index in [-0.39, 0.29) is 0 Å². The van der Waals surface area contributed by atoms with Crippen LogP contribution in [0.1, 0.15) is 38.1 Å². The topological polar surface area (TPSA) is 55.6 Å². The molecule has 0 amide bonds. The monoisotopic (exact) mass is 241 g/mol. The summed E-state index contributed by atoms with van der Waals surface area (Å²) in [5, 5.41) is 15.4. The molecule has 5 nitrogen and oxygen atoms in total. The second-order valence-corrected chi connectivity index (χ2v) is 5.12. The smallest absolute Gasteiger partial charge is 0.165 e. The largest absolute Gasteiger partial charge is 0.307 e. The van der Waals surface area contributed by atoms with E-state index in [9.17, 15) is 0 Å². The Balaban J connectivity index is 1.97. The van der Waals surface area contributed by atoms with Crippen molar-refractivity contribution in [2.45, 2.75) is 44.8 Å². The van der Waals surface area contributed by atoms with Crippen molar-refractivity contribution in [3.05, 3.63) is 5.82 Å². The van der Waals surface area contributed by atoms with Crippen LogP contribution < -0.4 is 5.32 Å². The van der Waals surface area contributed by atoms with Gasteiger partial charge < -0.3 is 5.32 Å². The number of hydrogen-bond acceptors (Lipinski definition) is 5. The van der Waals surface area contributed by atoms with Gasteiger partial charge in [0, 0.05) is 11.8 Å². The zero-order chi connectivity index (χ0) is 11.4. The van der Waals surface area contributed by atoms with Crippen molar-refractivity contribution in [1.29, 1.82) is 0 Å². The molecular weight excluding hydrogens is 222 g/mol. The standard InChI is InChI=1S/C10H19N5S/c1-3-9(7-16-2)15-10(12-13-14-15)6-11-8-4-5-8/h8-9,11H,3-7H2,1-2H3. The van der Waals surface area contributed by atoms with E-state index in [1.807, 2.05) is 16.4 Å². The van der Waals surface area contributed by atoms with Gasteiger partial charge in [-0.05, 0) is 35.9 Å². The fraction of sp³-hybridized carbons (Fsp3) is 0.900. The van der Waals surface area contributed by atoms with Crippen LogP contribution in [0, 0.1) is 0 Å². The highest BCUT2D eigenvalue weighted by atomic mass is 32.2. The Morgan fingerprint density at radius 3 is 3.00 bits per heavy atom. The van der Waals surface area contributed by atoms with E-state index in [4.69, 9.17) is 0 Å². The first-order valence-corrected chi connectivity index (χ1v) is 7.23. The third-order valence-electron chi connectivity index (χ3n) is 2.86. The van der Waals surface area contributed by atoms with E-state index in [0.717, 1.165) is 24.5 Å².